The number of aliphatic hydroxyl groups is 1. The number of hydrogen-bond donors (Lipinski definition) is 1. The first-order chi connectivity index (χ1) is 13.0. The molecule has 1 unspecified atom stereocenters. The first kappa shape index (κ1) is 19.7. The third-order valence-corrected chi connectivity index (χ3v) is 4.78. The summed E-state index contributed by atoms with van der Waals surface area (Å²) in [7, 11) is 2.69. The highest BCUT2D eigenvalue weighted by Crippen LogP contribution is 2.43. The number of terminal acetylenes is 1. The molecule has 1 aromatic carbocycles. The van der Waals surface area contributed by atoms with E-state index in [0.29, 0.717) is 15.9 Å². The van der Waals surface area contributed by atoms with Gasteiger partial charge in [-0.2, -0.15) is 8.78 Å². The smallest absolute Gasteiger partial charge is 0.423 e. The molecule has 12 heteroatoms. The third kappa shape index (κ3) is 2.79. The molecule has 2 heterocycles. The van der Waals surface area contributed by atoms with Gasteiger partial charge in [0.15, 0.2) is 16.7 Å². The van der Waals surface area contributed by atoms with Crippen LogP contribution in [0, 0.1) is 18.2 Å². The fourth-order valence-corrected chi connectivity index (χ4v) is 2.96. The molecule has 0 aromatic heterocycles. The van der Waals surface area contributed by atoms with Crippen LogP contribution in [-0.2, 0) is 4.79 Å². The monoisotopic (exact) mass is 414 g/mol. The fourth-order valence-electron chi connectivity index (χ4n) is 2.78. The molecular weight excluding hydrogens is 401 g/mol. The Morgan fingerprint density at radius 3 is 2.57 bits per heavy atom. The van der Waals surface area contributed by atoms with Crippen LogP contribution in [0.2, 0.25) is 0 Å². The van der Waals surface area contributed by atoms with Crippen molar-refractivity contribution in [2.45, 2.75) is 12.5 Å². The van der Waals surface area contributed by atoms with E-state index in [4.69, 9.17) is 18.6 Å². The fraction of sp³-hybridized carbons (Fsp3) is 0.312. The predicted octanol–water partition coefficient (Wildman–Crippen LogP) is 1.14. The lowest BCUT2D eigenvalue weighted by Gasteiger charge is -2.44. The largest absolute Gasteiger partial charge is 0.483 e. The molecule has 0 radical (unpaired) electrons. The van der Waals surface area contributed by atoms with Gasteiger partial charge in [-0.05, 0) is 18.3 Å². The maximum Gasteiger partial charge on any atom is 0.483 e. The molecule has 0 saturated carbocycles. The molecule has 2 aliphatic rings. The summed E-state index contributed by atoms with van der Waals surface area (Å²) in [5.74, 6) is -1.47. The summed E-state index contributed by atoms with van der Waals surface area (Å²) >= 11 is 5.00. The van der Waals surface area contributed by atoms with E-state index < -0.39 is 48.2 Å². The summed E-state index contributed by atoms with van der Waals surface area (Å²) in [6.07, 6.45) is -0.768. The number of ether oxygens (including phenoxy) is 1. The molecule has 28 heavy (non-hydrogen) atoms. The second kappa shape index (κ2) is 6.54. The Kier molecular flexibility index (Phi) is 4.60. The minimum absolute atomic E-state index is 0.0146. The number of aliphatic hydroxyl groups excluding tert-OH is 1. The average molecular weight is 414 g/mol. The number of hydrogen-bond acceptors (Lipinski definition) is 5. The Hall–Kier alpha value is -3.04. The van der Waals surface area contributed by atoms with Crippen LogP contribution in [0.15, 0.2) is 12.1 Å². The minimum atomic E-state index is -4.23. The van der Waals surface area contributed by atoms with E-state index in [1.54, 1.807) is 0 Å². The molecular formula is C16H13F3N4O4S. The summed E-state index contributed by atoms with van der Waals surface area (Å²) in [6, 6.07) is 0.639. The van der Waals surface area contributed by atoms with Gasteiger partial charge in [-0.1, -0.05) is 5.92 Å². The van der Waals surface area contributed by atoms with Gasteiger partial charge in [0.25, 0.3) is 0 Å². The molecule has 1 aromatic rings. The zero-order valence-corrected chi connectivity index (χ0v) is 15.3. The minimum Gasteiger partial charge on any atom is -0.423 e. The number of rotatable bonds is 2. The highest BCUT2D eigenvalue weighted by Gasteiger charge is 2.51. The second-order valence-corrected chi connectivity index (χ2v) is 6.30. The Balaban J connectivity index is 2.15. The van der Waals surface area contributed by atoms with Crippen molar-refractivity contribution >= 4 is 40.6 Å². The number of nitrogens with zero attached hydrogens (tertiary/aromatic N) is 4. The van der Waals surface area contributed by atoms with Crippen LogP contribution in [0.5, 0.6) is 5.75 Å². The van der Waals surface area contributed by atoms with Gasteiger partial charge in [0, 0.05) is 20.2 Å². The number of fused-ring (bicyclic) bond motifs is 1. The number of amides is 3. The van der Waals surface area contributed by atoms with Crippen LogP contribution in [0.4, 0.5) is 29.3 Å². The molecule has 148 valence electrons. The van der Waals surface area contributed by atoms with Crippen LogP contribution >= 0.6 is 12.2 Å². The molecule has 0 bridgehead atoms. The maximum absolute atomic E-state index is 14.7. The van der Waals surface area contributed by atoms with Crippen LogP contribution < -0.4 is 14.5 Å². The number of thiocarbonyl (C=S) groups is 1. The molecule has 3 rings (SSSR count). The van der Waals surface area contributed by atoms with Crippen molar-refractivity contribution in [2.75, 3.05) is 30.4 Å². The molecule has 3 amide bonds. The van der Waals surface area contributed by atoms with E-state index in [2.05, 4.69) is 10.7 Å². The van der Waals surface area contributed by atoms with Crippen LogP contribution in [0.3, 0.4) is 0 Å². The number of halogens is 3. The van der Waals surface area contributed by atoms with Gasteiger partial charge in [0.2, 0.25) is 6.35 Å². The van der Waals surface area contributed by atoms with Crippen molar-refractivity contribution in [3.8, 4) is 18.1 Å². The van der Waals surface area contributed by atoms with Gasteiger partial charge in [-0.15, -0.1) is 6.42 Å². The first-order valence-corrected chi connectivity index (χ1v) is 8.09. The summed E-state index contributed by atoms with van der Waals surface area (Å²) < 4.78 is 46.5. The molecule has 0 spiro atoms. The topological polar surface area (TPSA) is 76.6 Å². The zero-order chi connectivity index (χ0) is 21.0. The van der Waals surface area contributed by atoms with E-state index in [-0.39, 0.29) is 10.8 Å². The Bertz CT molecular complexity index is 935. The predicted molar refractivity (Wildman–Crippen MR) is 95.2 cm³/mol. The number of urea groups is 1. The number of carbonyl (C=O) groups is 2. The highest BCUT2D eigenvalue weighted by atomic mass is 32.1. The Labute approximate surface area is 162 Å². The first-order valence-electron chi connectivity index (χ1n) is 7.68. The van der Waals surface area contributed by atoms with E-state index in [9.17, 15) is 27.9 Å². The molecule has 1 atom stereocenters. The molecule has 1 fully saturated rings. The lowest BCUT2D eigenvalue weighted by molar-refractivity contribution is -0.192. The van der Waals surface area contributed by atoms with Gasteiger partial charge < -0.3 is 14.7 Å². The number of alkyl halides is 2. The lowest BCUT2D eigenvalue weighted by atomic mass is 10.1. The van der Waals surface area contributed by atoms with Crippen molar-refractivity contribution in [2.24, 2.45) is 0 Å². The number of anilines is 2. The molecule has 1 N–H and O–H groups in total. The van der Waals surface area contributed by atoms with E-state index in [0.717, 1.165) is 15.9 Å². The van der Waals surface area contributed by atoms with Crippen LogP contribution in [-0.4, -0.2) is 65.1 Å². The normalized spacial score (nSPS) is 21.5. The zero-order valence-electron chi connectivity index (χ0n) is 14.5. The lowest BCUT2D eigenvalue weighted by Crippen LogP contribution is -2.64. The van der Waals surface area contributed by atoms with Crippen LogP contribution in [0.1, 0.15) is 0 Å². The van der Waals surface area contributed by atoms with Crippen molar-refractivity contribution in [3.05, 3.63) is 17.9 Å². The van der Waals surface area contributed by atoms with Gasteiger partial charge in [0.1, 0.15) is 0 Å². The third-order valence-electron chi connectivity index (χ3n) is 4.22. The molecule has 1 saturated heterocycles. The number of carbonyl (C=O) groups excluding carboxylic acids is 2. The number of benzene rings is 1. The van der Waals surface area contributed by atoms with Gasteiger partial charge >= 0.3 is 18.0 Å². The van der Waals surface area contributed by atoms with E-state index >= 15 is 0 Å². The van der Waals surface area contributed by atoms with Crippen LogP contribution in [0.25, 0.3) is 0 Å². The Morgan fingerprint density at radius 2 is 1.96 bits per heavy atom. The molecule has 8 nitrogen and oxygen atoms in total. The second-order valence-electron chi connectivity index (χ2n) is 5.94. The van der Waals surface area contributed by atoms with E-state index in [1.165, 1.54) is 14.1 Å². The van der Waals surface area contributed by atoms with Gasteiger partial charge in [-0.3, -0.25) is 14.6 Å². The van der Waals surface area contributed by atoms with Crippen molar-refractivity contribution < 1.29 is 32.6 Å². The maximum atomic E-state index is 14.7. The highest BCUT2D eigenvalue weighted by molar-refractivity contribution is 7.80. The molecule has 0 aliphatic carbocycles. The summed E-state index contributed by atoms with van der Waals surface area (Å²) in [4.78, 5) is 27.8. The molecule has 2 aliphatic heterocycles. The van der Waals surface area contributed by atoms with Crippen molar-refractivity contribution in [1.29, 1.82) is 0 Å². The van der Waals surface area contributed by atoms with Crippen molar-refractivity contribution in [1.82, 2.24) is 9.80 Å². The summed E-state index contributed by atoms with van der Waals surface area (Å²) in [5.41, 5.74) is -0.759. The van der Waals surface area contributed by atoms with E-state index in [1.807, 2.05) is 0 Å². The summed E-state index contributed by atoms with van der Waals surface area (Å²) in [5, 5.41) is 10.4. The van der Waals surface area contributed by atoms with Gasteiger partial charge in [-0.25, -0.2) is 14.1 Å². The quantitative estimate of drug-likeness (QED) is 0.578. The SMILES string of the molecule is C#CCN1C(=O)C(F)(F)Oc2cc(F)c(N3C(=O)N(C)C(=S)N(C)C3O)cc21. The van der Waals surface area contributed by atoms with Crippen molar-refractivity contribution in [3.63, 3.8) is 0 Å². The summed E-state index contributed by atoms with van der Waals surface area (Å²) in [6.45, 7) is -0.545. The average Bonchev–Trinajstić information content (AvgIpc) is 2.63. The standard InChI is InChI=1S/C16H13F3N4O4S/c1-4-5-22-10-7-9(8(17)6-11(10)27-16(18,19)12(22)24)23-13(25)20(2)15(28)21(3)14(23)26/h1,6-7,13,25H,5H2,2-3H3. The Morgan fingerprint density at radius 1 is 1.32 bits per heavy atom. The van der Waals surface area contributed by atoms with Gasteiger partial charge in [0.05, 0.1) is 17.9 Å².